The molecule has 0 saturated carbocycles. The number of amides is 1. The summed E-state index contributed by atoms with van der Waals surface area (Å²) >= 11 is 0. The molecule has 1 aromatic rings. The van der Waals surface area contributed by atoms with E-state index in [-0.39, 0.29) is 12.3 Å². The lowest BCUT2D eigenvalue weighted by molar-refractivity contribution is -0.124. The lowest BCUT2D eigenvalue weighted by Gasteiger charge is -2.20. The fourth-order valence-electron chi connectivity index (χ4n) is 1.31. The standard InChI is InChI=1S/C11H15NO3S/c1-3-16(14,15)12(10(2)13)9-11-7-5-4-6-8-11/h4-8H,3,9H2,1-2H3. The van der Waals surface area contributed by atoms with E-state index in [0.717, 1.165) is 9.87 Å². The summed E-state index contributed by atoms with van der Waals surface area (Å²) < 4.78 is 24.2. The van der Waals surface area contributed by atoms with Crippen molar-refractivity contribution in [1.29, 1.82) is 0 Å². The van der Waals surface area contributed by atoms with E-state index >= 15 is 0 Å². The summed E-state index contributed by atoms with van der Waals surface area (Å²) in [5, 5.41) is 0. The highest BCUT2D eigenvalue weighted by atomic mass is 32.2. The van der Waals surface area contributed by atoms with Gasteiger partial charge in [0.05, 0.1) is 12.3 Å². The second kappa shape index (κ2) is 5.12. The van der Waals surface area contributed by atoms with E-state index < -0.39 is 15.9 Å². The van der Waals surface area contributed by atoms with Gasteiger partial charge >= 0.3 is 0 Å². The Balaban J connectivity index is 2.95. The van der Waals surface area contributed by atoms with Crippen LogP contribution in [0.25, 0.3) is 0 Å². The maximum Gasteiger partial charge on any atom is 0.237 e. The van der Waals surface area contributed by atoms with Gasteiger partial charge in [0.1, 0.15) is 0 Å². The molecule has 0 aliphatic carbocycles. The van der Waals surface area contributed by atoms with Gasteiger partial charge in [0.15, 0.2) is 0 Å². The SMILES string of the molecule is CCS(=O)(=O)N(Cc1ccccc1)C(C)=O. The fourth-order valence-corrected chi connectivity index (χ4v) is 2.36. The van der Waals surface area contributed by atoms with E-state index in [9.17, 15) is 13.2 Å². The van der Waals surface area contributed by atoms with Gasteiger partial charge in [0.2, 0.25) is 15.9 Å². The van der Waals surface area contributed by atoms with Crippen LogP contribution in [0, 0.1) is 0 Å². The molecular formula is C11H15NO3S. The molecule has 0 aromatic heterocycles. The molecule has 0 saturated heterocycles. The maximum atomic E-state index is 11.7. The molecule has 0 aliphatic heterocycles. The Kier molecular flexibility index (Phi) is 4.06. The quantitative estimate of drug-likeness (QED) is 0.800. The number of rotatable bonds is 4. The van der Waals surface area contributed by atoms with Crippen molar-refractivity contribution < 1.29 is 13.2 Å². The monoisotopic (exact) mass is 241 g/mol. The summed E-state index contributed by atoms with van der Waals surface area (Å²) in [6.45, 7) is 2.89. The smallest absolute Gasteiger partial charge is 0.237 e. The van der Waals surface area contributed by atoms with Gasteiger partial charge in [-0.05, 0) is 12.5 Å². The molecule has 0 N–H and O–H groups in total. The van der Waals surface area contributed by atoms with Gasteiger partial charge in [0.25, 0.3) is 0 Å². The third kappa shape index (κ3) is 3.06. The van der Waals surface area contributed by atoms with Crippen LogP contribution in [0.5, 0.6) is 0 Å². The third-order valence-corrected chi connectivity index (χ3v) is 4.01. The first-order valence-corrected chi connectivity index (χ1v) is 6.63. The summed E-state index contributed by atoms with van der Waals surface area (Å²) in [7, 11) is -3.47. The molecule has 0 unspecified atom stereocenters. The first kappa shape index (κ1) is 12.7. The van der Waals surface area contributed by atoms with E-state index in [1.165, 1.54) is 13.8 Å². The van der Waals surface area contributed by atoms with Crippen LogP contribution in [0.1, 0.15) is 19.4 Å². The van der Waals surface area contributed by atoms with Crippen molar-refractivity contribution in [3.05, 3.63) is 35.9 Å². The Hall–Kier alpha value is -1.36. The molecule has 16 heavy (non-hydrogen) atoms. The van der Waals surface area contributed by atoms with Gasteiger partial charge in [-0.2, -0.15) is 0 Å². The van der Waals surface area contributed by atoms with E-state index in [2.05, 4.69) is 0 Å². The minimum atomic E-state index is -3.47. The Morgan fingerprint density at radius 2 is 1.81 bits per heavy atom. The number of nitrogens with zero attached hydrogens (tertiary/aromatic N) is 1. The molecular weight excluding hydrogens is 226 g/mol. The van der Waals surface area contributed by atoms with Crippen LogP contribution in [0.3, 0.4) is 0 Å². The van der Waals surface area contributed by atoms with Crippen molar-refractivity contribution in [2.24, 2.45) is 0 Å². The van der Waals surface area contributed by atoms with Crippen LogP contribution in [-0.2, 0) is 21.4 Å². The zero-order valence-electron chi connectivity index (χ0n) is 9.38. The van der Waals surface area contributed by atoms with Gasteiger partial charge in [-0.25, -0.2) is 12.7 Å². The number of hydrogen-bond acceptors (Lipinski definition) is 3. The van der Waals surface area contributed by atoms with Gasteiger partial charge < -0.3 is 0 Å². The van der Waals surface area contributed by atoms with Crippen molar-refractivity contribution in [2.45, 2.75) is 20.4 Å². The van der Waals surface area contributed by atoms with Gasteiger partial charge in [-0.1, -0.05) is 30.3 Å². The molecule has 88 valence electrons. The highest BCUT2D eigenvalue weighted by molar-refractivity contribution is 7.89. The second-order valence-corrected chi connectivity index (χ2v) is 5.59. The number of hydrogen-bond donors (Lipinski definition) is 0. The van der Waals surface area contributed by atoms with Crippen LogP contribution < -0.4 is 0 Å². The number of sulfonamides is 1. The predicted molar refractivity (Wildman–Crippen MR) is 62.1 cm³/mol. The van der Waals surface area contributed by atoms with Crippen molar-refractivity contribution >= 4 is 15.9 Å². The number of benzene rings is 1. The molecule has 1 rings (SSSR count). The fraction of sp³-hybridized carbons (Fsp3) is 0.364. The molecule has 1 amide bonds. The molecule has 5 heteroatoms. The van der Waals surface area contributed by atoms with Crippen LogP contribution in [-0.4, -0.2) is 24.4 Å². The van der Waals surface area contributed by atoms with Crippen molar-refractivity contribution in [3.8, 4) is 0 Å². The summed E-state index contributed by atoms with van der Waals surface area (Å²) in [5.41, 5.74) is 0.801. The molecule has 0 fully saturated rings. The Morgan fingerprint density at radius 3 is 2.25 bits per heavy atom. The van der Waals surface area contributed by atoms with Gasteiger partial charge in [-0.3, -0.25) is 4.79 Å². The Morgan fingerprint density at radius 1 is 1.25 bits per heavy atom. The molecule has 0 spiro atoms. The van der Waals surface area contributed by atoms with Crippen molar-refractivity contribution in [2.75, 3.05) is 5.75 Å². The lowest BCUT2D eigenvalue weighted by atomic mass is 10.2. The molecule has 0 heterocycles. The molecule has 0 aliphatic rings. The topological polar surface area (TPSA) is 54.5 Å². The van der Waals surface area contributed by atoms with Crippen molar-refractivity contribution in [3.63, 3.8) is 0 Å². The summed E-state index contributed by atoms with van der Waals surface area (Å²) in [6.07, 6.45) is 0. The zero-order chi connectivity index (χ0) is 12.2. The summed E-state index contributed by atoms with van der Waals surface area (Å²) in [5.74, 6) is -0.523. The van der Waals surface area contributed by atoms with Crippen LogP contribution in [0.2, 0.25) is 0 Å². The second-order valence-electron chi connectivity index (χ2n) is 3.41. The Labute approximate surface area is 95.9 Å². The molecule has 0 atom stereocenters. The minimum Gasteiger partial charge on any atom is -0.274 e. The molecule has 1 aromatic carbocycles. The Bertz CT molecular complexity index is 453. The summed E-state index contributed by atoms with van der Waals surface area (Å²) in [4.78, 5) is 11.3. The lowest BCUT2D eigenvalue weighted by Crippen LogP contribution is -2.35. The van der Waals surface area contributed by atoms with Gasteiger partial charge in [-0.15, -0.1) is 0 Å². The first-order chi connectivity index (χ1) is 7.47. The third-order valence-electron chi connectivity index (χ3n) is 2.22. The normalized spacial score (nSPS) is 11.1. The van der Waals surface area contributed by atoms with E-state index in [1.54, 1.807) is 12.1 Å². The number of carbonyl (C=O) groups excluding carboxylic acids is 1. The van der Waals surface area contributed by atoms with Crippen molar-refractivity contribution in [1.82, 2.24) is 4.31 Å². The average Bonchev–Trinajstić information content (AvgIpc) is 2.26. The van der Waals surface area contributed by atoms with Gasteiger partial charge in [0, 0.05) is 6.92 Å². The highest BCUT2D eigenvalue weighted by Crippen LogP contribution is 2.09. The average molecular weight is 241 g/mol. The van der Waals surface area contributed by atoms with E-state index in [1.807, 2.05) is 18.2 Å². The van der Waals surface area contributed by atoms with E-state index in [4.69, 9.17) is 0 Å². The molecule has 4 nitrogen and oxygen atoms in total. The minimum absolute atomic E-state index is 0.0700. The van der Waals surface area contributed by atoms with Crippen LogP contribution in [0.4, 0.5) is 0 Å². The maximum absolute atomic E-state index is 11.7. The molecule has 0 bridgehead atoms. The predicted octanol–water partition coefficient (Wildman–Crippen LogP) is 1.38. The molecule has 0 radical (unpaired) electrons. The van der Waals surface area contributed by atoms with Crippen LogP contribution in [0.15, 0.2) is 30.3 Å². The zero-order valence-corrected chi connectivity index (χ0v) is 10.2. The van der Waals surface area contributed by atoms with E-state index in [0.29, 0.717) is 0 Å². The summed E-state index contributed by atoms with van der Waals surface area (Å²) in [6, 6.07) is 9.05. The number of carbonyl (C=O) groups is 1. The largest absolute Gasteiger partial charge is 0.274 e. The van der Waals surface area contributed by atoms with Crippen LogP contribution >= 0.6 is 0 Å². The first-order valence-electron chi connectivity index (χ1n) is 5.02. The highest BCUT2D eigenvalue weighted by Gasteiger charge is 2.22.